The van der Waals surface area contributed by atoms with Gasteiger partial charge in [-0.15, -0.1) is 0 Å². The lowest BCUT2D eigenvalue weighted by molar-refractivity contribution is 0.323. The van der Waals surface area contributed by atoms with Crippen LogP contribution in [0.1, 0.15) is 18.7 Å². The van der Waals surface area contributed by atoms with Gasteiger partial charge in [-0.1, -0.05) is 18.2 Å². The third-order valence-corrected chi connectivity index (χ3v) is 6.25. The van der Waals surface area contributed by atoms with E-state index >= 15 is 0 Å². The maximum atomic E-state index is 5.39. The van der Waals surface area contributed by atoms with Crippen LogP contribution in [-0.2, 0) is 6.54 Å². The second-order valence-electron chi connectivity index (χ2n) is 8.35. The van der Waals surface area contributed by atoms with Gasteiger partial charge in [-0.3, -0.25) is 15.1 Å². The summed E-state index contributed by atoms with van der Waals surface area (Å²) in [6.07, 6.45) is 2.53. The Morgan fingerprint density at radius 2 is 1.72 bits per heavy atom. The van der Waals surface area contributed by atoms with Gasteiger partial charge in [-0.25, -0.2) is 4.98 Å². The van der Waals surface area contributed by atoms with Crippen LogP contribution in [0.4, 0.5) is 0 Å². The number of rotatable bonds is 5. The molecule has 160 valence electrons. The Kier molecular flexibility index (Phi) is 4.61. The Bertz CT molecular complexity index is 1410. The Morgan fingerprint density at radius 1 is 0.875 bits per heavy atom. The molecule has 0 atom stereocenters. The molecule has 1 aliphatic heterocycles. The Balaban J connectivity index is 1.36. The number of hydrogen-bond donors (Lipinski definition) is 2. The van der Waals surface area contributed by atoms with Gasteiger partial charge in [-0.05, 0) is 73.1 Å². The van der Waals surface area contributed by atoms with Crippen molar-refractivity contribution in [2.75, 3.05) is 20.2 Å². The van der Waals surface area contributed by atoms with E-state index in [1.807, 2.05) is 18.2 Å². The van der Waals surface area contributed by atoms with Gasteiger partial charge in [0.25, 0.3) is 0 Å². The predicted octanol–water partition coefficient (Wildman–Crippen LogP) is 4.77. The SMILES string of the molecule is COc1ccc2ccc(-c3n[nH]c4ccc(-c5n[nH]c(CN6CCCC6)n5)cc34)cc2c1. The molecular weight excluding hydrogens is 400 g/mol. The highest BCUT2D eigenvalue weighted by Crippen LogP contribution is 2.32. The van der Waals surface area contributed by atoms with Crippen molar-refractivity contribution in [3.05, 3.63) is 60.4 Å². The van der Waals surface area contributed by atoms with Crippen molar-refractivity contribution in [3.8, 4) is 28.4 Å². The highest BCUT2D eigenvalue weighted by molar-refractivity contribution is 5.97. The first-order valence-corrected chi connectivity index (χ1v) is 11.0. The van der Waals surface area contributed by atoms with Crippen LogP contribution in [0.2, 0.25) is 0 Å². The molecule has 3 heterocycles. The third-order valence-electron chi connectivity index (χ3n) is 6.25. The molecule has 2 N–H and O–H groups in total. The maximum Gasteiger partial charge on any atom is 0.181 e. The lowest BCUT2D eigenvalue weighted by Crippen LogP contribution is -2.19. The number of nitrogens with zero attached hydrogens (tertiary/aromatic N) is 4. The Hall–Kier alpha value is -3.71. The van der Waals surface area contributed by atoms with Crippen molar-refractivity contribution in [2.24, 2.45) is 0 Å². The molecule has 7 nitrogen and oxygen atoms in total. The normalized spacial score (nSPS) is 14.5. The summed E-state index contributed by atoms with van der Waals surface area (Å²) < 4.78 is 5.39. The number of hydrogen-bond acceptors (Lipinski definition) is 5. The minimum Gasteiger partial charge on any atom is -0.497 e. The number of methoxy groups -OCH3 is 1. The number of benzene rings is 3. The molecule has 0 spiro atoms. The molecule has 1 saturated heterocycles. The van der Waals surface area contributed by atoms with Crippen molar-refractivity contribution in [1.29, 1.82) is 0 Å². The van der Waals surface area contributed by atoms with E-state index in [0.717, 1.165) is 70.1 Å². The lowest BCUT2D eigenvalue weighted by atomic mass is 10.0. The van der Waals surface area contributed by atoms with Crippen molar-refractivity contribution >= 4 is 21.7 Å². The lowest BCUT2D eigenvalue weighted by Gasteiger charge is -2.11. The summed E-state index contributed by atoms with van der Waals surface area (Å²) in [7, 11) is 1.69. The van der Waals surface area contributed by atoms with Gasteiger partial charge < -0.3 is 4.74 Å². The first-order chi connectivity index (χ1) is 15.8. The molecule has 0 bridgehead atoms. The first-order valence-electron chi connectivity index (χ1n) is 11.0. The van der Waals surface area contributed by atoms with Gasteiger partial charge in [0.15, 0.2) is 5.82 Å². The van der Waals surface area contributed by atoms with Crippen LogP contribution in [0.15, 0.2) is 54.6 Å². The predicted molar refractivity (Wildman–Crippen MR) is 125 cm³/mol. The second kappa shape index (κ2) is 7.76. The minimum atomic E-state index is 0.719. The zero-order valence-electron chi connectivity index (χ0n) is 17.9. The van der Waals surface area contributed by atoms with E-state index in [9.17, 15) is 0 Å². The fourth-order valence-electron chi connectivity index (χ4n) is 4.52. The fraction of sp³-hybridized carbons (Fsp3) is 0.240. The molecule has 7 heteroatoms. The molecule has 0 amide bonds. The summed E-state index contributed by atoms with van der Waals surface area (Å²) in [5.41, 5.74) is 3.94. The zero-order valence-corrected chi connectivity index (χ0v) is 17.9. The Morgan fingerprint density at radius 3 is 2.59 bits per heavy atom. The molecule has 1 aliphatic rings. The van der Waals surface area contributed by atoms with E-state index in [4.69, 9.17) is 9.72 Å². The van der Waals surface area contributed by atoms with Crippen LogP contribution in [-0.4, -0.2) is 50.5 Å². The topological polar surface area (TPSA) is 82.7 Å². The van der Waals surface area contributed by atoms with Crippen molar-refractivity contribution in [2.45, 2.75) is 19.4 Å². The average Bonchev–Trinajstić information content (AvgIpc) is 3.59. The van der Waals surface area contributed by atoms with Crippen molar-refractivity contribution in [3.63, 3.8) is 0 Å². The quantitative estimate of drug-likeness (QED) is 0.425. The van der Waals surface area contributed by atoms with E-state index in [2.05, 4.69) is 61.7 Å². The van der Waals surface area contributed by atoms with E-state index in [0.29, 0.717) is 0 Å². The van der Waals surface area contributed by atoms with E-state index < -0.39 is 0 Å². The summed E-state index contributed by atoms with van der Waals surface area (Å²) in [4.78, 5) is 7.16. The van der Waals surface area contributed by atoms with Gasteiger partial charge in [0.1, 0.15) is 11.6 Å². The summed E-state index contributed by atoms with van der Waals surface area (Å²) in [6.45, 7) is 3.10. The van der Waals surface area contributed by atoms with Crippen LogP contribution in [0.3, 0.4) is 0 Å². The van der Waals surface area contributed by atoms with Crippen LogP contribution in [0, 0.1) is 0 Å². The molecule has 3 aromatic carbocycles. The number of aromatic amines is 2. The van der Waals surface area contributed by atoms with Crippen LogP contribution < -0.4 is 4.74 Å². The van der Waals surface area contributed by atoms with E-state index in [1.54, 1.807) is 7.11 Å². The molecular formula is C25H24N6O. The molecule has 0 radical (unpaired) electrons. The largest absolute Gasteiger partial charge is 0.497 e. The molecule has 0 aliphatic carbocycles. The number of ether oxygens (including phenoxy) is 1. The summed E-state index contributed by atoms with van der Waals surface area (Å²) in [6, 6.07) is 18.7. The minimum absolute atomic E-state index is 0.719. The fourth-order valence-corrected chi connectivity index (χ4v) is 4.52. The highest BCUT2D eigenvalue weighted by Gasteiger charge is 2.16. The van der Waals surface area contributed by atoms with Crippen molar-refractivity contribution in [1.82, 2.24) is 30.3 Å². The maximum absolute atomic E-state index is 5.39. The van der Waals surface area contributed by atoms with Gasteiger partial charge in [-0.2, -0.15) is 10.2 Å². The molecule has 2 aromatic heterocycles. The number of fused-ring (bicyclic) bond motifs is 2. The summed E-state index contributed by atoms with van der Waals surface area (Å²) >= 11 is 0. The molecule has 6 rings (SSSR count). The molecule has 5 aromatic rings. The van der Waals surface area contributed by atoms with Crippen LogP contribution in [0.5, 0.6) is 5.75 Å². The number of likely N-dealkylation sites (tertiary alicyclic amines) is 1. The molecule has 0 unspecified atom stereocenters. The summed E-state index contributed by atoms with van der Waals surface area (Å²) in [5, 5.41) is 18.7. The van der Waals surface area contributed by atoms with E-state index in [-0.39, 0.29) is 0 Å². The Labute approximate surface area is 185 Å². The first kappa shape index (κ1) is 19.0. The monoisotopic (exact) mass is 424 g/mol. The molecule has 32 heavy (non-hydrogen) atoms. The zero-order chi connectivity index (χ0) is 21.5. The molecule has 0 saturated carbocycles. The van der Waals surface area contributed by atoms with Crippen LogP contribution in [0.25, 0.3) is 44.3 Å². The standard InChI is InChI=1S/C25H24N6O/c1-32-20-8-6-16-4-5-17(12-19(16)13-20)24-21-14-18(7-9-22(21)27-29-24)25-26-23(28-30-25)15-31-10-2-3-11-31/h4-9,12-14H,2-3,10-11,15H2,1H3,(H,27,29)(H,26,28,30). The van der Waals surface area contributed by atoms with Crippen LogP contribution >= 0.6 is 0 Å². The van der Waals surface area contributed by atoms with E-state index in [1.165, 1.54) is 18.2 Å². The van der Waals surface area contributed by atoms with Gasteiger partial charge in [0.05, 0.1) is 24.9 Å². The van der Waals surface area contributed by atoms with Crippen molar-refractivity contribution < 1.29 is 4.74 Å². The van der Waals surface area contributed by atoms with Gasteiger partial charge >= 0.3 is 0 Å². The third kappa shape index (κ3) is 3.40. The van der Waals surface area contributed by atoms with Gasteiger partial charge in [0, 0.05) is 16.5 Å². The smallest absolute Gasteiger partial charge is 0.181 e. The number of H-pyrrole nitrogens is 2. The molecule has 1 fully saturated rings. The highest BCUT2D eigenvalue weighted by atomic mass is 16.5. The average molecular weight is 425 g/mol. The number of nitrogens with one attached hydrogen (secondary N) is 2. The number of aromatic nitrogens is 5. The van der Waals surface area contributed by atoms with Gasteiger partial charge in [0.2, 0.25) is 0 Å². The summed E-state index contributed by atoms with van der Waals surface area (Å²) in [5.74, 6) is 2.48. The second-order valence-corrected chi connectivity index (χ2v) is 8.35.